The molecule has 0 saturated heterocycles. The molecule has 0 aliphatic heterocycles. The summed E-state index contributed by atoms with van der Waals surface area (Å²) in [5.41, 5.74) is 7.81. The highest BCUT2D eigenvalue weighted by Gasteiger charge is 2.16. The largest absolute Gasteiger partial charge is 0.468 e. The molecule has 4 nitrogen and oxygen atoms in total. The average molecular weight is 218 g/mol. The third kappa shape index (κ3) is 1.92. The highest BCUT2D eigenvalue weighted by atomic mass is 16.5. The van der Waals surface area contributed by atoms with Crippen molar-refractivity contribution >= 4 is 16.9 Å². The first-order valence-electron chi connectivity index (χ1n) is 5.11. The summed E-state index contributed by atoms with van der Waals surface area (Å²) in [6.07, 6.45) is 2.37. The highest BCUT2D eigenvalue weighted by molar-refractivity contribution is 5.84. The maximum Gasteiger partial charge on any atom is 0.322 e. The van der Waals surface area contributed by atoms with Gasteiger partial charge >= 0.3 is 5.97 Å². The highest BCUT2D eigenvalue weighted by Crippen LogP contribution is 2.18. The molecule has 2 rings (SSSR count). The first-order valence-corrected chi connectivity index (χ1v) is 5.11. The number of nitrogens with one attached hydrogen (secondary N) is 1. The number of aromatic nitrogens is 1. The number of benzene rings is 1. The molecule has 84 valence electrons. The van der Waals surface area contributed by atoms with E-state index < -0.39 is 6.04 Å². The summed E-state index contributed by atoms with van der Waals surface area (Å²) < 4.78 is 4.60. The van der Waals surface area contributed by atoms with Crippen LogP contribution >= 0.6 is 0 Å². The summed E-state index contributed by atoms with van der Waals surface area (Å²) in [6, 6.07) is 7.31. The Balaban J connectivity index is 2.24. The van der Waals surface area contributed by atoms with Crippen LogP contribution in [0.4, 0.5) is 0 Å². The zero-order chi connectivity index (χ0) is 11.5. The molecule has 0 aliphatic carbocycles. The Bertz CT molecular complexity index is 504. The van der Waals surface area contributed by atoms with Gasteiger partial charge in [-0.05, 0) is 11.6 Å². The topological polar surface area (TPSA) is 68.1 Å². The average Bonchev–Trinajstić information content (AvgIpc) is 2.72. The summed E-state index contributed by atoms with van der Waals surface area (Å²) in [4.78, 5) is 14.4. The van der Waals surface area contributed by atoms with Crippen molar-refractivity contribution in [2.75, 3.05) is 7.11 Å². The molecule has 0 spiro atoms. The number of hydrogen-bond acceptors (Lipinski definition) is 3. The van der Waals surface area contributed by atoms with Crippen molar-refractivity contribution in [3.05, 3.63) is 36.0 Å². The number of methoxy groups -OCH3 is 1. The van der Waals surface area contributed by atoms with Crippen LogP contribution in [0.1, 0.15) is 5.56 Å². The standard InChI is InChI=1S/C12H14N2O2/c1-16-12(15)10(13)6-8-7-14-11-5-3-2-4-9(8)11/h2-5,7,10,14H,6,13H2,1H3. The number of para-hydroxylation sites is 1. The molecule has 1 unspecified atom stereocenters. The lowest BCUT2D eigenvalue weighted by Gasteiger charge is -2.07. The number of carbonyl (C=O) groups excluding carboxylic acids is 1. The van der Waals surface area contributed by atoms with E-state index in [1.165, 1.54) is 7.11 Å². The Kier molecular flexibility index (Phi) is 2.92. The Hall–Kier alpha value is -1.81. The second kappa shape index (κ2) is 4.37. The smallest absolute Gasteiger partial charge is 0.322 e. The van der Waals surface area contributed by atoms with E-state index in [2.05, 4.69) is 9.72 Å². The zero-order valence-electron chi connectivity index (χ0n) is 9.07. The van der Waals surface area contributed by atoms with Crippen LogP contribution in [-0.4, -0.2) is 24.1 Å². The van der Waals surface area contributed by atoms with E-state index in [4.69, 9.17) is 5.73 Å². The summed E-state index contributed by atoms with van der Waals surface area (Å²) in [6.45, 7) is 0. The van der Waals surface area contributed by atoms with Crippen molar-refractivity contribution in [3.63, 3.8) is 0 Å². The van der Waals surface area contributed by atoms with Gasteiger partial charge in [-0.25, -0.2) is 0 Å². The van der Waals surface area contributed by atoms with Crippen LogP contribution in [0.3, 0.4) is 0 Å². The number of fused-ring (bicyclic) bond motifs is 1. The van der Waals surface area contributed by atoms with Gasteiger partial charge in [0.2, 0.25) is 0 Å². The van der Waals surface area contributed by atoms with Gasteiger partial charge in [0, 0.05) is 23.5 Å². The number of aromatic amines is 1. The maximum atomic E-state index is 11.2. The number of nitrogens with two attached hydrogens (primary N) is 1. The summed E-state index contributed by atoms with van der Waals surface area (Å²) in [5.74, 6) is -0.384. The fraction of sp³-hybridized carbons (Fsp3) is 0.250. The van der Waals surface area contributed by atoms with Gasteiger partial charge in [-0.2, -0.15) is 0 Å². The molecule has 1 aromatic carbocycles. The predicted octanol–water partition coefficient (Wildman–Crippen LogP) is 1.21. The van der Waals surface area contributed by atoms with Crippen molar-refractivity contribution < 1.29 is 9.53 Å². The van der Waals surface area contributed by atoms with Crippen LogP contribution in [-0.2, 0) is 16.0 Å². The molecule has 0 amide bonds. The molecule has 1 heterocycles. The summed E-state index contributed by atoms with van der Waals surface area (Å²) >= 11 is 0. The number of hydrogen-bond donors (Lipinski definition) is 2. The Labute approximate surface area is 93.4 Å². The molecule has 0 aliphatic rings. The molecule has 3 N–H and O–H groups in total. The van der Waals surface area contributed by atoms with Crippen LogP contribution in [0.2, 0.25) is 0 Å². The number of H-pyrrole nitrogens is 1. The monoisotopic (exact) mass is 218 g/mol. The van der Waals surface area contributed by atoms with E-state index >= 15 is 0 Å². The molecule has 0 bridgehead atoms. The van der Waals surface area contributed by atoms with Gasteiger partial charge in [0.1, 0.15) is 6.04 Å². The van der Waals surface area contributed by atoms with Crippen LogP contribution in [0, 0.1) is 0 Å². The number of ether oxygens (including phenoxy) is 1. The minimum absolute atomic E-state index is 0.384. The van der Waals surface area contributed by atoms with E-state index in [1.54, 1.807) is 0 Å². The normalized spacial score (nSPS) is 12.6. The van der Waals surface area contributed by atoms with E-state index in [-0.39, 0.29) is 5.97 Å². The molecule has 2 aromatic rings. The van der Waals surface area contributed by atoms with Gasteiger partial charge < -0.3 is 15.5 Å². The van der Waals surface area contributed by atoms with Crippen molar-refractivity contribution in [1.29, 1.82) is 0 Å². The molecule has 1 atom stereocenters. The van der Waals surface area contributed by atoms with Gasteiger partial charge in [0.25, 0.3) is 0 Å². The van der Waals surface area contributed by atoms with Crippen molar-refractivity contribution in [2.45, 2.75) is 12.5 Å². The molecule has 0 radical (unpaired) electrons. The summed E-state index contributed by atoms with van der Waals surface area (Å²) in [5, 5.41) is 1.10. The molecular weight excluding hydrogens is 204 g/mol. The lowest BCUT2D eigenvalue weighted by atomic mass is 10.1. The molecule has 16 heavy (non-hydrogen) atoms. The number of carbonyl (C=O) groups is 1. The molecule has 4 heteroatoms. The van der Waals surface area contributed by atoms with E-state index in [1.807, 2.05) is 30.5 Å². The predicted molar refractivity (Wildman–Crippen MR) is 62.0 cm³/mol. The molecular formula is C12H14N2O2. The minimum Gasteiger partial charge on any atom is -0.468 e. The summed E-state index contributed by atoms with van der Waals surface area (Å²) in [7, 11) is 1.34. The number of rotatable bonds is 3. The van der Waals surface area contributed by atoms with Crippen molar-refractivity contribution in [3.8, 4) is 0 Å². The number of esters is 1. The van der Waals surface area contributed by atoms with E-state index in [0.717, 1.165) is 16.5 Å². The van der Waals surface area contributed by atoms with E-state index in [9.17, 15) is 4.79 Å². The maximum absolute atomic E-state index is 11.2. The second-order valence-corrected chi connectivity index (χ2v) is 3.69. The minimum atomic E-state index is -0.607. The zero-order valence-corrected chi connectivity index (χ0v) is 9.07. The molecule has 1 aromatic heterocycles. The second-order valence-electron chi connectivity index (χ2n) is 3.69. The van der Waals surface area contributed by atoms with Gasteiger partial charge in [-0.15, -0.1) is 0 Å². The first kappa shape index (κ1) is 10.7. The van der Waals surface area contributed by atoms with Crippen molar-refractivity contribution in [2.24, 2.45) is 5.73 Å². The van der Waals surface area contributed by atoms with Crippen LogP contribution in [0.15, 0.2) is 30.5 Å². The van der Waals surface area contributed by atoms with Crippen molar-refractivity contribution in [1.82, 2.24) is 4.98 Å². The lowest BCUT2D eigenvalue weighted by molar-refractivity contribution is -0.142. The third-order valence-corrected chi connectivity index (χ3v) is 2.62. The fourth-order valence-corrected chi connectivity index (χ4v) is 1.77. The van der Waals surface area contributed by atoms with Gasteiger partial charge in [-0.1, -0.05) is 18.2 Å². The Morgan fingerprint density at radius 3 is 3.00 bits per heavy atom. The SMILES string of the molecule is COC(=O)C(N)Cc1c[nH]c2ccccc12. The lowest BCUT2D eigenvalue weighted by Crippen LogP contribution is -2.33. The van der Waals surface area contributed by atoms with E-state index in [0.29, 0.717) is 6.42 Å². The first-order chi connectivity index (χ1) is 7.72. The van der Waals surface area contributed by atoms with Gasteiger partial charge in [0.05, 0.1) is 7.11 Å². The van der Waals surface area contributed by atoms with Crippen LogP contribution in [0.25, 0.3) is 10.9 Å². The third-order valence-electron chi connectivity index (χ3n) is 2.62. The molecule has 0 fully saturated rings. The molecule has 0 saturated carbocycles. The Morgan fingerprint density at radius 2 is 2.25 bits per heavy atom. The fourth-order valence-electron chi connectivity index (χ4n) is 1.77. The Morgan fingerprint density at radius 1 is 1.50 bits per heavy atom. The van der Waals surface area contributed by atoms with Crippen LogP contribution in [0.5, 0.6) is 0 Å². The van der Waals surface area contributed by atoms with Crippen LogP contribution < -0.4 is 5.73 Å². The quantitative estimate of drug-likeness (QED) is 0.761. The van der Waals surface area contributed by atoms with Gasteiger partial charge in [-0.3, -0.25) is 4.79 Å². The van der Waals surface area contributed by atoms with Gasteiger partial charge in [0.15, 0.2) is 0 Å².